The van der Waals surface area contributed by atoms with Crippen LogP contribution in [-0.4, -0.2) is 31.6 Å². The lowest BCUT2D eigenvalue weighted by atomic mass is 9.73. The standard InChI is InChI=1S/C19H28N2O2/c1-15-14-23-17-8-3-2-6-16(17)7-4-5-9-19(18(22)21-15)10-12-20-13-11-19/h2-3,6,8,15,20H,4-5,7,9-14H2,1H3,(H,21,22)/t15-/m1/s1. The van der Waals surface area contributed by atoms with Crippen molar-refractivity contribution in [2.24, 2.45) is 5.41 Å². The van der Waals surface area contributed by atoms with Crippen LogP contribution in [0.5, 0.6) is 5.75 Å². The lowest BCUT2D eigenvalue weighted by Gasteiger charge is -2.37. The molecule has 0 saturated carbocycles. The van der Waals surface area contributed by atoms with Crippen molar-refractivity contribution in [1.29, 1.82) is 0 Å². The fourth-order valence-corrected chi connectivity index (χ4v) is 3.76. The summed E-state index contributed by atoms with van der Waals surface area (Å²) in [5, 5.41) is 6.58. The molecule has 2 aliphatic rings. The van der Waals surface area contributed by atoms with Crippen molar-refractivity contribution in [2.75, 3.05) is 19.7 Å². The van der Waals surface area contributed by atoms with Crippen LogP contribution in [0.1, 0.15) is 44.6 Å². The van der Waals surface area contributed by atoms with Crippen LogP contribution in [0.4, 0.5) is 0 Å². The van der Waals surface area contributed by atoms with Gasteiger partial charge in [-0.2, -0.15) is 0 Å². The number of carbonyl (C=O) groups excluding carboxylic acids is 1. The Kier molecular flexibility index (Phi) is 5.21. The normalized spacial score (nSPS) is 25.4. The van der Waals surface area contributed by atoms with E-state index in [0.717, 1.165) is 57.4 Å². The summed E-state index contributed by atoms with van der Waals surface area (Å²) in [5.41, 5.74) is 1.10. The first-order valence-corrected chi connectivity index (χ1v) is 8.92. The third-order valence-corrected chi connectivity index (χ3v) is 5.23. The molecule has 0 aliphatic carbocycles. The molecule has 2 heterocycles. The monoisotopic (exact) mass is 316 g/mol. The minimum absolute atomic E-state index is 0.0294. The zero-order valence-electron chi connectivity index (χ0n) is 14.1. The van der Waals surface area contributed by atoms with Crippen LogP contribution in [0.2, 0.25) is 0 Å². The van der Waals surface area contributed by atoms with E-state index in [2.05, 4.69) is 22.8 Å². The molecular weight excluding hydrogens is 288 g/mol. The molecule has 1 amide bonds. The zero-order chi connectivity index (χ0) is 16.1. The molecule has 1 aromatic rings. The number of benzene rings is 1. The lowest BCUT2D eigenvalue weighted by molar-refractivity contribution is -0.134. The molecule has 4 nitrogen and oxygen atoms in total. The first kappa shape index (κ1) is 16.3. The minimum Gasteiger partial charge on any atom is -0.491 e. The van der Waals surface area contributed by atoms with Gasteiger partial charge in [0.05, 0.1) is 11.5 Å². The maximum absolute atomic E-state index is 12.9. The summed E-state index contributed by atoms with van der Waals surface area (Å²) in [6.07, 6.45) is 6.12. The first-order chi connectivity index (χ1) is 11.2. The molecule has 126 valence electrons. The molecule has 0 bridgehead atoms. The van der Waals surface area contributed by atoms with Gasteiger partial charge in [0.1, 0.15) is 12.4 Å². The van der Waals surface area contributed by atoms with Gasteiger partial charge in [-0.15, -0.1) is 0 Å². The fraction of sp³-hybridized carbons (Fsp3) is 0.632. The van der Waals surface area contributed by atoms with Crippen molar-refractivity contribution in [1.82, 2.24) is 10.6 Å². The Balaban J connectivity index is 1.77. The number of carbonyl (C=O) groups is 1. The van der Waals surface area contributed by atoms with Gasteiger partial charge in [-0.3, -0.25) is 4.79 Å². The average Bonchev–Trinajstić information content (AvgIpc) is 2.57. The highest BCUT2D eigenvalue weighted by atomic mass is 16.5. The van der Waals surface area contributed by atoms with Crippen LogP contribution in [0, 0.1) is 5.41 Å². The van der Waals surface area contributed by atoms with E-state index in [-0.39, 0.29) is 17.4 Å². The number of nitrogens with one attached hydrogen (secondary N) is 2. The van der Waals surface area contributed by atoms with E-state index >= 15 is 0 Å². The largest absolute Gasteiger partial charge is 0.491 e. The van der Waals surface area contributed by atoms with Gasteiger partial charge in [0.15, 0.2) is 0 Å². The van der Waals surface area contributed by atoms with E-state index in [1.807, 2.05) is 19.1 Å². The summed E-state index contributed by atoms with van der Waals surface area (Å²) < 4.78 is 5.97. The molecule has 4 heteroatoms. The third kappa shape index (κ3) is 3.86. The molecule has 23 heavy (non-hydrogen) atoms. The van der Waals surface area contributed by atoms with Crippen molar-refractivity contribution in [2.45, 2.75) is 51.5 Å². The molecule has 1 saturated heterocycles. The van der Waals surface area contributed by atoms with E-state index in [9.17, 15) is 4.79 Å². The van der Waals surface area contributed by atoms with E-state index in [0.29, 0.717) is 6.61 Å². The van der Waals surface area contributed by atoms with Gasteiger partial charge < -0.3 is 15.4 Å². The Morgan fingerprint density at radius 2 is 1.91 bits per heavy atom. The maximum Gasteiger partial charge on any atom is 0.226 e. The number of rotatable bonds is 0. The lowest BCUT2D eigenvalue weighted by Crippen LogP contribution is -2.50. The van der Waals surface area contributed by atoms with Crippen molar-refractivity contribution in [3.63, 3.8) is 0 Å². The molecule has 2 N–H and O–H groups in total. The molecule has 1 fully saturated rings. The first-order valence-electron chi connectivity index (χ1n) is 8.92. The smallest absolute Gasteiger partial charge is 0.226 e. The Morgan fingerprint density at radius 3 is 2.74 bits per heavy atom. The van der Waals surface area contributed by atoms with Crippen LogP contribution >= 0.6 is 0 Å². The number of ether oxygens (including phenoxy) is 1. The Labute approximate surface area is 139 Å². The summed E-state index contributed by atoms with van der Waals surface area (Å²) in [7, 11) is 0. The Bertz CT molecular complexity index is 538. The third-order valence-electron chi connectivity index (χ3n) is 5.23. The maximum atomic E-state index is 12.9. The second-order valence-electron chi connectivity index (χ2n) is 7.03. The predicted octanol–water partition coefficient (Wildman–Crippen LogP) is 2.67. The quantitative estimate of drug-likeness (QED) is 0.774. The molecule has 0 aromatic heterocycles. The molecule has 1 spiro atoms. The molecule has 2 aliphatic heterocycles. The predicted molar refractivity (Wildman–Crippen MR) is 91.6 cm³/mol. The van der Waals surface area contributed by atoms with Crippen molar-refractivity contribution in [3.05, 3.63) is 29.8 Å². The average molecular weight is 316 g/mol. The summed E-state index contributed by atoms with van der Waals surface area (Å²) in [4.78, 5) is 12.9. The molecule has 1 aromatic carbocycles. The van der Waals surface area contributed by atoms with Gasteiger partial charge in [-0.25, -0.2) is 0 Å². The number of hydrogen-bond acceptors (Lipinski definition) is 3. The van der Waals surface area contributed by atoms with Crippen molar-refractivity contribution < 1.29 is 9.53 Å². The van der Waals surface area contributed by atoms with Crippen molar-refractivity contribution in [3.8, 4) is 5.75 Å². The van der Waals surface area contributed by atoms with Crippen LogP contribution in [0.15, 0.2) is 24.3 Å². The fourth-order valence-electron chi connectivity index (χ4n) is 3.76. The van der Waals surface area contributed by atoms with Gasteiger partial charge in [0.25, 0.3) is 0 Å². The summed E-state index contributed by atoms with van der Waals surface area (Å²) in [6.45, 7) is 4.44. The molecule has 0 radical (unpaired) electrons. The number of fused-ring (bicyclic) bond motifs is 1. The minimum atomic E-state index is -0.182. The van der Waals surface area contributed by atoms with Crippen LogP contribution in [-0.2, 0) is 11.2 Å². The summed E-state index contributed by atoms with van der Waals surface area (Å²) in [5.74, 6) is 1.19. The van der Waals surface area contributed by atoms with Crippen LogP contribution in [0.3, 0.4) is 0 Å². The highest BCUT2D eigenvalue weighted by molar-refractivity contribution is 5.83. The van der Waals surface area contributed by atoms with E-state index in [1.54, 1.807) is 0 Å². The zero-order valence-corrected chi connectivity index (χ0v) is 14.1. The molecule has 1 atom stereocenters. The highest BCUT2D eigenvalue weighted by Crippen LogP contribution is 2.35. The van der Waals surface area contributed by atoms with Crippen LogP contribution < -0.4 is 15.4 Å². The number of amides is 1. The molecule has 3 rings (SSSR count). The van der Waals surface area contributed by atoms with Crippen LogP contribution in [0.25, 0.3) is 0 Å². The number of aryl methyl sites for hydroxylation is 1. The van der Waals surface area contributed by atoms with E-state index < -0.39 is 0 Å². The van der Waals surface area contributed by atoms with Gasteiger partial charge in [-0.05, 0) is 63.7 Å². The Hall–Kier alpha value is -1.55. The highest BCUT2D eigenvalue weighted by Gasteiger charge is 2.39. The van der Waals surface area contributed by atoms with E-state index in [1.165, 1.54) is 5.56 Å². The number of hydrogen-bond donors (Lipinski definition) is 2. The summed E-state index contributed by atoms with van der Waals surface area (Å²) in [6, 6.07) is 8.31. The van der Waals surface area contributed by atoms with E-state index in [4.69, 9.17) is 4.74 Å². The molecule has 0 unspecified atom stereocenters. The second kappa shape index (κ2) is 7.35. The van der Waals surface area contributed by atoms with Gasteiger partial charge in [-0.1, -0.05) is 24.6 Å². The number of piperidine rings is 1. The van der Waals surface area contributed by atoms with Gasteiger partial charge in [0.2, 0.25) is 5.91 Å². The van der Waals surface area contributed by atoms with Crippen molar-refractivity contribution >= 4 is 5.91 Å². The second-order valence-corrected chi connectivity index (χ2v) is 7.03. The Morgan fingerprint density at radius 1 is 1.13 bits per heavy atom. The van der Waals surface area contributed by atoms with Gasteiger partial charge in [0, 0.05) is 0 Å². The topological polar surface area (TPSA) is 50.4 Å². The van der Waals surface area contributed by atoms with Gasteiger partial charge >= 0.3 is 0 Å². The molecular formula is C19H28N2O2. The summed E-state index contributed by atoms with van der Waals surface area (Å²) >= 11 is 0. The SMILES string of the molecule is C[C@@H]1COc2ccccc2CCCCC2(CCNCC2)C(=O)N1. The number of para-hydroxylation sites is 1.